The van der Waals surface area contributed by atoms with Crippen molar-refractivity contribution in [3.8, 4) is 0 Å². The Kier molecular flexibility index (Phi) is 106. The zero-order chi connectivity index (χ0) is 0. The molecule has 0 aromatic rings. The van der Waals surface area contributed by atoms with Crippen LogP contribution in [-0.2, 0) is 16.5 Å². The molecule has 8 radical (unpaired) electrons. The second-order valence-corrected chi connectivity index (χ2v) is 0. The molecular weight excluding hydrogens is 458 g/mol. The van der Waals surface area contributed by atoms with E-state index in [1.165, 1.54) is 0 Å². The summed E-state index contributed by atoms with van der Waals surface area (Å²) in [5.74, 6) is 0. The van der Waals surface area contributed by atoms with Gasteiger partial charge in [-0.05, 0) is 0 Å². The molecule has 0 unspecified atom stereocenters. The molecule has 0 saturated heterocycles. The van der Waals surface area contributed by atoms with E-state index in [1.54, 1.807) is 0 Å². The van der Waals surface area contributed by atoms with Crippen molar-refractivity contribution >= 4 is 48.3 Å². The first kappa shape index (κ1) is 26.2. The fourth-order valence-electron chi connectivity index (χ4n) is 0. The van der Waals surface area contributed by atoms with Crippen molar-refractivity contribution in [3.05, 3.63) is 0 Å². The molecule has 0 N–H and O–H groups in total. The molecule has 0 aromatic heterocycles. The molecule has 0 spiro atoms. The van der Waals surface area contributed by atoms with E-state index < -0.39 is 0 Å². The molecule has 0 aromatic carbocycles. The van der Waals surface area contributed by atoms with E-state index in [2.05, 4.69) is 0 Å². The second kappa shape index (κ2) is 16.1. The average molecular weight is 458 g/mol. The Hall–Kier alpha value is 3.40. The molecule has 0 atom stereocenters. The molecule has 0 amide bonds. The molecule has 0 bridgehead atoms. The molecule has 28 valence electrons. The number of hydrogen-bond donors (Lipinski definition) is 0. The van der Waals surface area contributed by atoms with E-state index in [1.807, 2.05) is 0 Å². The Balaban J connectivity index is 0. The Morgan fingerprint density at radius 3 is 1.00 bits per heavy atom. The van der Waals surface area contributed by atoms with Gasteiger partial charge in [0.2, 0.25) is 0 Å². The van der Waals surface area contributed by atoms with Crippen LogP contribution in [0, 0.1) is 38.6 Å². The topological polar surface area (TPSA) is 0 Å². The van der Waals surface area contributed by atoms with Gasteiger partial charge >= 0.3 is 0 Å². The van der Waals surface area contributed by atoms with Gasteiger partial charge in [-0.2, -0.15) is 0 Å². The van der Waals surface area contributed by atoms with Crippen molar-refractivity contribution in [1.29, 1.82) is 0 Å². The minimum Gasteiger partial charge on any atom is 0 e. The Morgan fingerprint density at radius 1 is 1.00 bits per heavy atom. The van der Waals surface area contributed by atoms with Gasteiger partial charge in [0.05, 0.1) is 0 Å². The van der Waals surface area contributed by atoms with Crippen molar-refractivity contribution in [2.24, 2.45) is 0 Å². The zero-order valence-corrected chi connectivity index (χ0v) is 10.1. The minimum atomic E-state index is 0. The fraction of sp³-hybridized carbons (Fsp3) is 0. The van der Waals surface area contributed by atoms with E-state index in [-0.39, 0.29) is 103 Å². The molecule has 0 rings (SSSR count). The van der Waals surface area contributed by atoms with Crippen LogP contribution in [0.1, 0.15) is 0 Å². The van der Waals surface area contributed by atoms with Crippen LogP contribution >= 0.6 is 0 Å². The van der Waals surface area contributed by atoms with Gasteiger partial charge in [0.25, 0.3) is 0 Å². The third-order valence-corrected chi connectivity index (χ3v) is 0. The van der Waals surface area contributed by atoms with Crippen LogP contribution in [0.15, 0.2) is 0 Å². The summed E-state index contributed by atoms with van der Waals surface area (Å²) in [6.07, 6.45) is 0. The van der Waals surface area contributed by atoms with Crippen molar-refractivity contribution in [2.75, 3.05) is 0 Å². The molecule has 0 saturated carbocycles. The maximum atomic E-state index is 0. The molecule has 4 heteroatoms. The van der Waals surface area contributed by atoms with E-state index in [0.29, 0.717) is 0 Å². The first-order valence-corrected chi connectivity index (χ1v) is 0. The summed E-state index contributed by atoms with van der Waals surface area (Å²) in [7, 11) is 0. The predicted octanol–water partition coefficient (Wildman–Crippen LogP) is -0.764. The first-order chi connectivity index (χ1) is 0. The maximum Gasteiger partial charge on any atom is 0 e. The molecule has 0 nitrogen and oxygen atoms in total. The van der Waals surface area contributed by atoms with Crippen molar-refractivity contribution in [3.63, 3.8) is 0 Å². The first-order valence-electron chi connectivity index (χ1n) is 0. The van der Waals surface area contributed by atoms with Crippen LogP contribution in [-0.4, -0.2) is 48.3 Å². The summed E-state index contributed by atoms with van der Waals surface area (Å²) in [4.78, 5) is 0. The smallest absolute Gasteiger partial charge is 0 e. The van der Waals surface area contributed by atoms with Gasteiger partial charge in [-0.25, -0.2) is 0 Å². The quantitative estimate of drug-likeness (QED) is 0.419. The van der Waals surface area contributed by atoms with Gasteiger partial charge in [0.1, 0.15) is 0 Å². The van der Waals surface area contributed by atoms with Gasteiger partial charge in [0.15, 0.2) is 0 Å². The van der Waals surface area contributed by atoms with E-state index in [9.17, 15) is 0 Å². The summed E-state index contributed by atoms with van der Waals surface area (Å²) in [5, 5.41) is 0. The standard InChI is InChI=1S/Ni.Sb.Sn.Tb. The SMILES string of the molecule is [Ni].[Sb].[Sn].[Tb]. The van der Waals surface area contributed by atoms with Crippen molar-refractivity contribution < 1.29 is 55.1 Å². The molecule has 0 aliphatic carbocycles. The molecule has 0 fully saturated rings. The molecular formula is NiSbSnTb. The molecule has 0 aliphatic rings. The third-order valence-electron chi connectivity index (χ3n) is 0. The number of rotatable bonds is 0. The Morgan fingerprint density at radius 2 is 1.00 bits per heavy atom. The largest absolute Gasteiger partial charge is 0 e. The van der Waals surface area contributed by atoms with Crippen LogP contribution in [0.4, 0.5) is 0 Å². The van der Waals surface area contributed by atoms with Crippen molar-refractivity contribution in [1.82, 2.24) is 0 Å². The number of hydrogen-bond acceptors (Lipinski definition) is 0. The predicted molar refractivity (Wildman–Crippen MR) is 11.5 cm³/mol. The second-order valence-electron chi connectivity index (χ2n) is 0. The van der Waals surface area contributed by atoms with Gasteiger partial charge in [-0.15, -0.1) is 0 Å². The van der Waals surface area contributed by atoms with Crippen LogP contribution in [0.2, 0.25) is 0 Å². The van der Waals surface area contributed by atoms with E-state index in [0.717, 1.165) is 0 Å². The summed E-state index contributed by atoms with van der Waals surface area (Å²) in [5.41, 5.74) is 0. The average Bonchev–Trinajstić information content (AvgIpc) is 0. The summed E-state index contributed by atoms with van der Waals surface area (Å²) >= 11 is 0. The van der Waals surface area contributed by atoms with Crippen LogP contribution in [0.5, 0.6) is 0 Å². The molecule has 0 aliphatic heterocycles. The zero-order valence-electron chi connectivity index (χ0n) is 1.60. The molecule has 0 heterocycles. The van der Waals surface area contributed by atoms with E-state index >= 15 is 0 Å². The van der Waals surface area contributed by atoms with Crippen LogP contribution in [0.25, 0.3) is 0 Å². The van der Waals surface area contributed by atoms with Crippen LogP contribution < -0.4 is 0 Å². The van der Waals surface area contributed by atoms with Crippen molar-refractivity contribution in [2.45, 2.75) is 0 Å². The fourth-order valence-corrected chi connectivity index (χ4v) is 0. The van der Waals surface area contributed by atoms with Gasteiger partial charge < -0.3 is 0 Å². The maximum absolute atomic E-state index is 0. The molecule has 4 heavy (non-hydrogen) atoms. The summed E-state index contributed by atoms with van der Waals surface area (Å²) < 4.78 is 0. The van der Waals surface area contributed by atoms with Gasteiger partial charge in [0, 0.05) is 103 Å². The Bertz CT molecular complexity index is 8.00. The minimum absolute atomic E-state index is 0. The van der Waals surface area contributed by atoms with Gasteiger partial charge in [-0.3, -0.25) is 0 Å². The third kappa shape index (κ3) is 9.04. The summed E-state index contributed by atoms with van der Waals surface area (Å²) in [6, 6.07) is 0. The normalized spacial score (nSPS) is 0. The van der Waals surface area contributed by atoms with Crippen LogP contribution in [0.3, 0.4) is 0 Å². The summed E-state index contributed by atoms with van der Waals surface area (Å²) in [6.45, 7) is 0. The Labute approximate surface area is 101 Å². The van der Waals surface area contributed by atoms with E-state index in [4.69, 9.17) is 0 Å². The van der Waals surface area contributed by atoms with Gasteiger partial charge in [-0.1, -0.05) is 0 Å². The monoisotopic (exact) mass is 458 g/mol.